The first kappa shape index (κ1) is 15.1. The molecular formula is C12H27NO3Si. The summed E-state index contributed by atoms with van der Waals surface area (Å²) in [6.07, 6.45) is 1.16. The van der Waals surface area contributed by atoms with Crippen LogP contribution in [0.2, 0.25) is 6.04 Å². The molecule has 1 heterocycles. The monoisotopic (exact) mass is 261 g/mol. The Morgan fingerprint density at radius 2 is 2.00 bits per heavy atom. The third-order valence-corrected chi connectivity index (χ3v) is 5.64. The van der Waals surface area contributed by atoms with Gasteiger partial charge in [-0.15, -0.1) is 0 Å². The Bertz CT molecular complexity index is 183. The highest BCUT2D eigenvalue weighted by molar-refractivity contribution is 6.44. The summed E-state index contributed by atoms with van der Waals surface area (Å²) in [7, 11) is -1.48. The summed E-state index contributed by atoms with van der Waals surface area (Å²) >= 11 is 0. The molecule has 102 valence electrons. The number of rotatable bonds is 8. The lowest BCUT2D eigenvalue weighted by atomic mass is 9.99. The van der Waals surface area contributed by atoms with Gasteiger partial charge in [0.1, 0.15) is 0 Å². The Balaban J connectivity index is 2.41. The van der Waals surface area contributed by atoms with Crippen molar-refractivity contribution in [3.8, 4) is 0 Å². The second kappa shape index (κ2) is 9.05. The maximum absolute atomic E-state index is 5.75. The fourth-order valence-corrected chi connectivity index (χ4v) is 4.58. The van der Waals surface area contributed by atoms with Gasteiger partial charge in [0.2, 0.25) is 0 Å². The fourth-order valence-electron chi connectivity index (χ4n) is 2.31. The zero-order valence-corrected chi connectivity index (χ0v) is 12.6. The highest BCUT2D eigenvalue weighted by Gasteiger charge is 2.27. The van der Waals surface area contributed by atoms with Crippen LogP contribution < -0.4 is 5.32 Å². The molecule has 0 amide bonds. The standard InChI is InChI=1S/C12H27NO3Si/c1-4-11(12-9-14-8-7-13-12)10-17(15-5-2)16-6-3/h11-13,17H,4-10H2,1-3H3. The molecule has 1 aliphatic heterocycles. The molecule has 0 bridgehead atoms. The number of nitrogens with one attached hydrogen (secondary N) is 1. The summed E-state index contributed by atoms with van der Waals surface area (Å²) in [6, 6.07) is 1.56. The summed E-state index contributed by atoms with van der Waals surface area (Å²) in [5, 5.41) is 3.55. The molecule has 17 heavy (non-hydrogen) atoms. The first-order valence-corrected chi connectivity index (χ1v) is 8.62. The zero-order valence-electron chi connectivity index (χ0n) is 11.4. The molecule has 4 nitrogen and oxygen atoms in total. The number of hydrogen-bond acceptors (Lipinski definition) is 4. The lowest BCUT2D eigenvalue weighted by molar-refractivity contribution is 0.0568. The van der Waals surface area contributed by atoms with Crippen molar-refractivity contribution in [2.45, 2.75) is 39.3 Å². The van der Waals surface area contributed by atoms with Gasteiger partial charge in [0.05, 0.1) is 13.2 Å². The summed E-state index contributed by atoms with van der Waals surface area (Å²) in [4.78, 5) is 0. The molecule has 2 atom stereocenters. The lowest BCUT2D eigenvalue weighted by Gasteiger charge is -2.32. The Hall–Kier alpha value is 0.0569. The predicted molar refractivity (Wildman–Crippen MR) is 71.6 cm³/mol. The van der Waals surface area contributed by atoms with Crippen LogP contribution in [-0.2, 0) is 13.6 Å². The first-order chi connectivity index (χ1) is 8.31. The van der Waals surface area contributed by atoms with Gasteiger partial charge in [0.15, 0.2) is 0 Å². The predicted octanol–water partition coefficient (Wildman–Crippen LogP) is 1.29. The van der Waals surface area contributed by atoms with E-state index in [-0.39, 0.29) is 0 Å². The van der Waals surface area contributed by atoms with Crippen LogP contribution in [0.1, 0.15) is 27.2 Å². The minimum Gasteiger partial charge on any atom is -0.397 e. The van der Waals surface area contributed by atoms with E-state index in [1.54, 1.807) is 0 Å². The molecular weight excluding hydrogens is 234 g/mol. The van der Waals surface area contributed by atoms with Crippen molar-refractivity contribution < 1.29 is 13.6 Å². The minimum atomic E-state index is -1.48. The summed E-state index contributed by atoms with van der Waals surface area (Å²) in [5.41, 5.74) is 0. The summed E-state index contributed by atoms with van der Waals surface area (Å²) in [5.74, 6) is 0.616. The molecule has 1 N–H and O–H groups in total. The van der Waals surface area contributed by atoms with E-state index in [4.69, 9.17) is 13.6 Å². The van der Waals surface area contributed by atoms with E-state index in [0.717, 1.165) is 45.4 Å². The Morgan fingerprint density at radius 3 is 2.47 bits per heavy atom. The smallest absolute Gasteiger partial charge is 0.321 e. The van der Waals surface area contributed by atoms with Crippen molar-refractivity contribution >= 4 is 9.28 Å². The molecule has 1 aliphatic rings. The minimum absolute atomic E-state index is 0.477. The van der Waals surface area contributed by atoms with Gasteiger partial charge < -0.3 is 18.9 Å². The van der Waals surface area contributed by atoms with Crippen molar-refractivity contribution in [2.75, 3.05) is 33.0 Å². The van der Waals surface area contributed by atoms with Gasteiger partial charge in [-0.2, -0.15) is 0 Å². The molecule has 0 aromatic rings. The fraction of sp³-hybridized carbons (Fsp3) is 1.00. The topological polar surface area (TPSA) is 39.7 Å². The molecule has 5 heteroatoms. The summed E-state index contributed by atoms with van der Waals surface area (Å²) < 4.78 is 17.0. The molecule has 0 aromatic carbocycles. The van der Waals surface area contributed by atoms with Gasteiger partial charge in [-0.05, 0) is 25.8 Å². The van der Waals surface area contributed by atoms with E-state index in [1.807, 2.05) is 13.8 Å². The molecule has 0 aromatic heterocycles. The Kier molecular flexibility index (Phi) is 8.05. The van der Waals surface area contributed by atoms with Crippen molar-refractivity contribution in [1.29, 1.82) is 0 Å². The average molecular weight is 261 g/mol. The number of ether oxygens (including phenoxy) is 1. The maximum Gasteiger partial charge on any atom is 0.321 e. The van der Waals surface area contributed by atoms with Gasteiger partial charge in [0, 0.05) is 25.8 Å². The van der Waals surface area contributed by atoms with Crippen LogP contribution in [0, 0.1) is 5.92 Å². The van der Waals surface area contributed by atoms with Gasteiger partial charge in [-0.25, -0.2) is 0 Å². The van der Waals surface area contributed by atoms with E-state index in [2.05, 4.69) is 12.2 Å². The van der Waals surface area contributed by atoms with Crippen molar-refractivity contribution in [3.63, 3.8) is 0 Å². The normalized spacial score (nSPS) is 22.9. The molecule has 1 saturated heterocycles. The first-order valence-electron chi connectivity index (χ1n) is 6.86. The van der Waals surface area contributed by atoms with Gasteiger partial charge in [0.25, 0.3) is 0 Å². The highest BCUT2D eigenvalue weighted by Crippen LogP contribution is 2.19. The van der Waals surface area contributed by atoms with Crippen molar-refractivity contribution in [3.05, 3.63) is 0 Å². The van der Waals surface area contributed by atoms with Crippen molar-refractivity contribution in [1.82, 2.24) is 5.32 Å². The largest absolute Gasteiger partial charge is 0.397 e. The van der Waals surface area contributed by atoms with Crippen LogP contribution in [0.3, 0.4) is 0 Å². The number of hydrogen-bond donors (Lipinski definition) is 1. The molecule has 1 rings (SSSR count). The highest BCUT2D eigenvalue weighted by atomic mass is 28.3. The second-order valence-electron chi connectivity index (χ2n) is 4.38. The van der Waals surface area contributed by atoms with Crippen LogP contribution in [0.25, 0.3) is 0 Å². The molecule has 0 saturated carbocycles. The van der Waals surface area contributed by atoms with Crippen LogP contribution in [0.4, 0.5) is 0 Å². The Labute approximate surface area is 107 Å². The molecule has 0 radical (unpaired) electrons. The quantitative estimate of drug-likeness (QED) is 0.669. The maximum atomic E-state index is 5.75. The zero-order chi connectivity index (χ0) is 12.5. The number of morpholine rings is 1. The third-order valence-electron chi connectivity index (χ3n) is 3.24. The van der Waals surface area contributed by atoms with Gasteiger partial charge in [-0.3, -0.25) is 0 Å². The van der Waals surface area contributed by atoms with Crippen LogP contribution >= 0.6 is 0 Å². The second-order valence-corrected chi connectivity index (χ2v) is 6.38. The van der Waals surface area contributed by atoms with Gasteiger partial charge >= 0.3 is 9.28 Å². The molecule has 2 unspecified atom stereocenters. The van der Waals surface area contributed by atoms with E-state index in [0.29, 0.717) is 12.0 Å². The van der Waals surface area contributed by atoms with E-state index in [9.17, 15) is 0 Å². The van der Waals surface area contributed by atoms with E-state index >= 15 is 0 Å². The summed E-state index contributed by atoms with van der Waals surface area (Å²) in [6.45, 7) is 10.5. The third kappa shape index (κ3) is 5.48. The van der Waals surface area contributed by atoms with Gasteiger partial charge in [-0.1, -0.05) is 13.3 Å². The molecule has 1 fully saturated rings. The van der Waals surface area contributed by atoms with Crippen LogP contribution in [0.5, 0.6) is 0 Å². The SMILES string of the molecule is CCO[SiH](CC(CC)C1COCCN1)OCC. The van der Waals surface area contributed by atoms with Crippen molar-refractivity contribution in [2.24, 2.45) is 5.92 Å². The van der Waals surface area contributed by atoms with E-state index in [1.165, 1.54) is 0 Å². The molecule has 0 spiro atoms. The average Bonchev–Trinajstić information content (AvgIpc) is 2.37. The lowest BCUT2D eigenvalue weighted by Crippen LogP contribution is -2.47. The van der Waals surface area contributed by atoms with Crippen LogP contribution in [-0.4, -0.2) is 48.3 Å². The van der Waals surface area contributed by atoms with E-state index < -0.39 is 9.28 Å². The molecule has 0 aliphatic carbocycles. The Morgan fingerprint density at radius 1 is 1.29 bits per heavy atom. The van der Waals surface area contributed by atoms with Crippen LogP contribution in [0.15, 0.2) is 0 Å².